The molecule has 1 amide bonds. The fraction of sp³-hybridized carbons (Fsp3) is 0.0417. The summed E-state index contributed by atoms with van der Waals surface area (Å²) in [5.74, 6) is -1.74. The van der Waals surface area contributed by atoms with Crippen molar-refractivity contribution in [3.8, 4) is 22.5 Å². The zero-order chi connectivity index (χ0) is 23.5. The predicted molar refractivity (Wildman–Crippen MR) is 119 cm³/mol. The topological polar surface area (TPSA) is 98.7 Å². The summed E-state index contributed by atoms with van der Waals surface area (Å²) in [6.45, 7) is 0.286. The SMILES string of the molecule is O=C(Nc1c(F)cncc1-c1c(-c2ccc(F)cc2)ncn1Cc1ccncn1)c1ccco1. The molecule has 0 aliphatic rings. The minimum atomic E-state index is -0.739. The minimum Gasteiger partial charge on any atom is -0.459 e. The van der Waals surface area contributed by atoms with Crippen LogP contribution in [0.4, 0.5) is 14.5 Å². The van der Waals surface area contributed by atoms with Crippen LogP contribution in [0.2, 0.25) is 0 Å². The van der Waals surface area contributed by atoms with Crippen LogP contribution >= 0.6 is 0 Å². The second-order valence-electron chi connectivity index (χ2n) is 7.25. The van der Waals surface area contributed by atoms with Crippen LogP contribution in [0.3, 0.4) is 0 Å². The number of halogens is 2. The molecular weight excluding hydrogens is 442 g/mol. The van der Waals surface area contributed by atoms with Gasteiger partial charge in [0.1, 0.15) is 12.1 Å². The first-order valence-corrected chi connectivity index (χ1v) is 10.1. The van der Waals surface area contributed by atoms with Gasteiger partial charge in [0.2, 0.25) is 0 Å². The number of pyridine rings is 1. The fourth-order valence-corrected chi connectivity index (χ4v) is 3.51. The molecule has 0 aliphatic carbocycles. The molecule has 1 N–H and O–H groups in total. The molecule has 0 radical (unpaired) electrons. The summed E-state index contributed by atoms with van der Waals surface area (Å²) in [6, 6.07) is 10.5. The zero-order valence-corrected chi connectivity index (χ0v) is 17.5. The van der Waals surface area contributed by atoms with Gasteiger partial charge in [-0.25, -0.2) is 23.7 Å². The Labute approximate surface area is 192 Å². The first kappa shape index (κ1) is 21.1. The number of amides is 1. The number of rotatable bonds is 6. The Morgan fingerprint density at radius 1 is 1.03 bits per heavy atom. The molecule has 34 heavy (non-hydrogen) atoms. The van der Waals surface area contributed by atoms with E-state index >= 15 is 0 Å². The van der Waals surface area contributed by atoms with Gasteiger partial charge in [-0.15, -0.1) is 0 Å². The Bertz CT molecular complexity index is 1430. The van der Waals surface area contributed by atoms with Crippen molar-refractivity contribution < 1.29 is 18.0 Å². The van der Waals surface area contributed by atoms with Gasteiger partial charge in [0.15, 0.2) is 11.6 Å². The summed E-state index contributed by atoms with van der Waals surface area (Å²) in [5, 5.41) is 2.57. The monoisotopic (exact) mass is 458 g/mol. The van der Waals surface area contributed by atoms with Gasteiger partial charge in [-0.05, 0) is 42.5 Å². The second kappa shape index (κ2) is 9.02. The molecule has 5 aromatic rings. The van der Waals surface area contributed by atoms with Crippen molar-refractivity contribution in [1.82, 2.24) is 24.5 Å². The first-order valence-electron chi connectivity index (χ1n) is 10.1. The molecule has 0 unspecified atom stereocenters. The lowest BCUT2D eigenvalue weighted by Gasteiger charge is -2.15. The molecule has 4 aromatic heterocycles. The van der Waals surface area contributed by atoms with Gasteiger partial charge in [0, 0.05) is 23.5 Å². The maximum Gasteiger partial charge on any atom is 0.291 e. The highest BCUT2D eigenvalue weighted by Crippen LogP contribution is 2.37. The van der Waals surface area contributed by atoms with Crippen molar-refractivity contribution in [3.63, 3.8) is 0 Å². The average Bonchev–Trinajstić information content (AvgIpc) is 3.52. The molecule has 0 spiro atoms. The van der Waals surface area contributed by atoms with E-state index in [1.807, 2.05) is 0 Å². The standard InChI is InChI=1S/C24H16F2N6O2/c25-16-5-3-15(4-6-16)21-23(32(14-30-21)12-17-7-8-27-13-29-17)18-10-28-11-19(26)22(18)31-24(33)20-2-1-9-34-20/h1-11,13-14H,12H2,(H,28,31,33). The van der Waals surface area contributed by atoms with Crippen molar-refractivity contribution >= 4 is 11.6 Å². The van der Waals surface area contributed by atoms with Gasteiger partial charge >= 0.3 is 0 Å². The largest absolute Gasteiger partial charge is 0.459 e. The summed E-state index contributed by atoms with van der Waals surface area (Å²) in [7, 11) is 0. The van der Waals surface area contributed by atoms with Crippen LogP contribution in [0, 0.1) is 11.6 Å². The van der Waals surface area contributed by atoms with Gasteiger partial charge < -0.3 is 14.3 Å². The molecular formula is C24H16F2N6O2. The van der Waals surface area contributed by atoms with Crippen molar-refractivity contribution in [2.45, 2.75) is 6.54 Å². The molecule has 1 aromatic carbocycles. The van der Waals surface area contributed by atoms with E-state index < -0.39 is 17.5 Å². The van der Waals surface area contributed by atoms with Gasteiger partial charge in [-0.3, -0.25) is 9.78 Å². The second-order valence-corrected chi connectivity index (χ2v) is 7.25. The summed E-state index contributed by atoms with van der Waals surface area (Å²) >= 11 is 0. The highest BCUT2D eigenvalue weighted by molar-refractivity contribution is 6.05. The van der Waals surface area contributed by atoms with E-state index in [1.54, 1.807) is 41.4 Å². The highest BCUT2D eigenvalue weighted by atomic mass is 19.1. The maximum absolute atomic E-state index is 15.0. The van der Waals surface area contributed by atoms with E-state index in [0.717, 1.165) is 6.20 Å². The Kier molecular flexibility index (Phi) is 5.61. The van der Waals surface area contributed by atoms with E-state index in [0.29, 0.717) is 22.6 Å². The van der Waals surface area contributed by atoms with Crippen LogP contribution in [-0.4, -0.2) is 30.4 Å². The van der Waals surface area contributed by atoms with Gasteiger partial charge in [-0.1, -0.05) is 0 Å². The minimum absolute atomic E-state index is 0.0235. The summed E-state index contributed by atoms with van der Waals surface area (Å²) in [4.78, 5) is 29.3. The molecule has 0 aliphatic heterocycles. The Morgan fingerprint density at radius 2 is 1.88 bits per heavy atom. The van der Waals surface area contributed by atoms with E-state index in [2.05, 4.69) is 25.3 Å². The first-order chi connectivity index (χ1) is 16.6. The van der Waals surface area contributed by atoms with Crippen LogP contribution in [0.5, 0.6) is 0 Å². The van der Waals surface area contributed by atoms with Crippen LogP contribution in [0.1, 0.15) is 16.2 Å². The lowest BCUT2D eigenvalue weighted by Crippen LogP contribution is -2.14. The van der Waals surface area contributed by atoms with E-state index in [-0.39, 0.29) is 23.6 Å². The molecule has 0 fully saturated rings. The number of carbonyl (C=O) groups is 1. The van der Waals surface area contributed by atoms with Gasteiger partial charge in [0.25, 0.3) is 5.91 Å². The number of hydrogen-bond donors (Lipinski definition) is 1. The molecule has 0 saturated heterocycles. The van der Waals surface area contributed by atoms with Crippen LogP contribution < -0.4 is 5.32 Å². The number of nitrogens with one attached hydrogen (secondary N) is 1. The molecule has 8 nitrogen and oxygen atoms in total. The third kappa shape index (κ3) is 4.16. The Hall–Kier alpha value is -4.73. The smallest absolute Gasteiger partial charge is 0.291 e. The van der Waals surface area contributed by atoms with Crippen LogP contribution in [0.15, 0.2) is 84.4 Å². The molecule has 10 heteroatoms. The number of aromatic nitrogens is 5. The van der Waals surface area contributed by atoms with Crippen LogP contribution in [0.25, 0.3) is 22.5 Å². The number of nitrogens with zero attached hydrogens (tertiary/aromatic N) is 5. The number of anilines is 1. The lowest BCUT2D eigenvalue weighted by atomic mass is 10.0. The lowest BCUT2D eigenvalue weighted by molar-refractivity contribution is 0.0996. The van der Waals surface area contributed by atoms with E-state index in [4.69, 9.17) is 4.42 Å². The van der Waals surface area contributed by atoms with Crippen molar-refractivity contribution in [1.29, 1.82) is 0 Å². The summed E-state index contributed by atoms with van der Waals surface area (Å²) < 4.78 is 35.4. The number of benzene rings is 1. The van der Waals surface area contributed by atoms with Crippen molar-refractivity contribution in [2.24, 2.45) is 0 Å². The Balaban J connectivity index is 1.66. The van der Waals surface area contributed by atoms with Crippen molar-refractivity contribution in [2.75, 3.05) is 5.32 Å². The third-order valence-electron chi connectivity index (χ3n) is 5.07. The van der Waals surface area contributed by atoms with Crippen molar-refractivity contribution in [3.05, 3.63) is 103 Å². The molecule has 168 valence electrons. The molecule has 4 heterocycles. The fourth-order valence-electron chi connectivity index (χ4n) is 3.51. The quantitative estimate of drug-likeness (QED) is 0.400. The van der Waals surface area contributed by atoms with E-state index in [1.165, 1.54) is 37.0 Å². The number of carbonyl (C=O) groups excluding carboxylic acids is 1. The maximum atomic E-state index is 15.0. The van der Waals surface area contributed by atoms with Crippen LogP contribution in [-0.2, 0) is 6.54 Å². The number of hydrogen-bond acceptors (Lipinski definition) is 6. The molecule has 0 bridgehead atoms. The number of furan rings is 1. The van der Waals surface area contributed by atoms with Gasteiger partial charge in [-0.2, -0.15) is 0 Å². The number of imidazole rings is 1. The molecule has 0 atom stereocenters. The van der Waals surface area contributed by atoms with E-state index in [9.17, 15) is 13.6 Å². The zero-order valence-electron chi connectivity index (χ0n) is 17.5. The van der Waals surface area contributed by atoms with Gasteiger partial charge in [0.05, 0.1) is 48.1 Å². The third-order valence-corrected chi connectivity index (χ3v) is 5.07. The molecule has 0 saturated carbocycles. The summed E-state index contributed by atoms with van der Waals surface area (Å²) in [6.07, 6.45) is 8.39. The normalized spacial score (nSPS) is 10.9. The predicted octanol–water partition coefficient (Wildman–Crippen LogP) is 4.57. The summed E-state index contributed by atoms with van der Waals surface area (Å²) in [5.41, 5.74) is 2.40. The molecule has 5 rings (SSSR count). The highest BCUT2D eigenvalue weighted by Gasteiger charge is 2.23. The average molecular weight is 458 g/mol. The Morgan fingerprint density at radius 3 is 2.62 bits per heavy atom.